The lowest BCUT2D eigenvalue weighted by Crippen LogP contribution is -2.43. The zero-order chi connectivity index (χ0) is 11.3. The average molecular weight is 215 g/mol. The van der Waals surface area contributed by atoms with Gasteiger partial charge < -0.3 is 20.2 Å². The minimum absolute atomic E-state index is 0.285. The molecule has 1 heterocycles. The molecule has 0 atom stereocenters. The van der Waals surface area contributed by atoms with E-state index in [0.29, 0.717) is 13.1 Å². The molecular formula is C9H17N3O3. The third kappa shape index (κ3) is 4.16. The molecule has 0 saturated carbocycles. The molecule has 2 amide bonds. The molecule has 1 fully saturated rings. The number of amides is 2. The maximum Gasteiger partial charge on any atom is 0.323 e. The van der Waals surface area contributed by atoms with Crippen molar-refractivity contribution in [1.29, 1.82) is 0 Å². The third-order valence-electron chi connectivity index (χ3n) is 2.40. The minimum Gasteiger partial charge on any atom is -0.480 e. The van der Waals surface area contributed by atoms with E-state index in [0.717, 1.165) is 19.5 Å². The summed E-state index contributed by atoms with van der Waals surface area (Å²) < 4.78 is 0. The molecule has 0 bridgehead atoms. The fourth-order valence-corrected chi connectivity index (χ4v) is 1.51. The first kappa shape index (κ1) is 11.8. The molecular weight excluding hydrogens is 198 g/mol. The number of likely N-dealkylation sites (N-methyl/N-ethyl adjacent to an activating group) is 1. The van der Waals surface area contributed by atoms with Crippen LogP contribution >= 0.6 is 0 Å². The molecule has 1 saturated heterocycles. The second kappa shape index (κ2) is 5.55. The van der Waals surface area contributed by atoms with Crippen LogP contribution in [0, 0.1) is 0 Å². The third-order valence-corrected chi connectivity index (χ3v) is 2.40. The number of nitrogens with one attached hydrogen (secondary N) is 1. The molecule has 0 aromatic heterocycles. The smallest absolute Gasteiger partial charge is 0.323 e. The maximum absolute atomic E-state index is 11.5. The topological polar surface area (TPSA) is 72.9 Å². The molecule has 0 aromatic rings. The number of rotatable bonds is 2. The predicted octanol–water partition coefficient (Wildman–Crippen LogP) is -0.582. The second-order valence-electron chi connectivity index (χ2n) is 3.70. The van der Waals surface area contributed by atoms with Crippen molar-refractivity contribution in [2.45, 2.75) is 6.42 Å². The molecule has 1 rings (SSSR count). The minimum atomic E-state index is -1.02. The molecule has 6 heteroatoms. The van der Waals surface area contributed by atoms with Crippen LogP contribution in [0.4, 0.5) is 4.79 Å². The number of hydrogen-bond acceptors (Lipinski definition) is 3. The Labute approximate surface area is 88.8 Å². The lowest BCUT2D eigenvalue weighted by atomic mass is 10.4. The van der Waals surface area contributed by atoms with Crippen LogP contribution in [0.1, 0.15) is 6.42 Å². The molecule has 0 aromatic carbocycles. The standard InChI is InChI=1S/C9H17N3O3/c1-11-3-2-4-12(6-5-11)9(15)10-7-8(13)14/h2-7H2,1H3,(H,10,15)(H,13,14). The van der Waals surface area contributed by atoms with Crippen LogP contribution in [0.25, 0.3) is 0 Å². The van der Waals surface area contributed by atoms with E-state index in [2.05, 4.69) is 10.2 Å². The molecule has 0 aliphatic carbocycles. The van der Waals surface area contributed by atoms with Crippen LogP contribution in [0.15, 0.2) is 0 Å². The van der Waals surface area contributed by atoms with E-state index < -0.39 is 5.97 Å². The van der Waals surface area contributed by atoms with Crippen molar-refractivity contribution in [3.63, 3.8) is 0 Å². The van der Waals surface area contributed by atoms with Crippen LogP contribution in [-0.4, -0.2) is 66.7 Å². The van der Waals surface area contributed by atoms with E-state index in [1.807, 2.05) is 7.05 Å². The lowest BCUT2D eigenvalue weighted by molar-refractivity contribution is -0.135. The summed E-state index contributed by atoms with van der Waals surface area (Å²) in [6.45, 7) is 2.84. The zero-order valence-electron chi connectivity index (χ0n) is 8.90. The number of carbonyl (C=O) groups excluding carboxylic acids is 1. The van der Waals surface area contributed by atoms with Gasteiger partial charge in [0.05, 0.1) is 0 Å². The number of nitrogens with zero attached hydrogens (tertiary/aromatic N) is 2. The van der Waals surface area contributed by atoms with Crippen LogP contribution < -0.4 is 5.32 Å². The SMILES string of the molecule is CN1CCCN(C(=O)NCC(=O)O)CC1. The molecule has 0 unspecified atom stereocenters. The van der Waals surface area contributed by atoms with E-state index in [9.17, 15) is 9.59 Å². The summed E-state index contributed by atoms with van der Waals surface area (Å²) in [7, 11) is 2.01. The van der Waals surface area contributed by atoms with Crippen molar-refractivity contribution >= 4 is 12.0 Å². The van der Waals surface area contributed by atoms with Gasteiger partial charge in [0.25, 0.3) is 0 Å². The summed E-state index contributed by atoms with van der Waals surface area (Å²) in [4.78, 5) is 25.6. The second-order valence-corrected chi connectivity index (χ2v) is 3.70. The Morgan fingerprint density at radius 3 is 2.67 bits per heavy atom. The summed E-state index contributed by atoms with van der Waals surface area (Å²) in [6.07, 6.45) is 0.928. The summed E-state index contributed by atoms with van der Waals surface area (Å²) >= 11 is 0. The quantitative estimate of drug-likeness (QED) is 0.646. The van der Waals surface area contributed by atoms with Crippen molar-refractivity contribution < 1.29 is 14.7 Å². The number of carbonyl (C=O) groups is 2. The number of urea groups is 1. The van der Waals surface area contributed by atoms with Crippen LogP contribution in [-0.2, 0) is 4.79 Å². The zero-order valence-corrected chi connectivity index (χ0v) is 8.90. The van der Waals surface area contributed by atoms with Gasteiger partial charge in [-0.15, -0.1) is 0 Å². The van der Waals surface area contributed by atoms with Gasteiger partial charge in [0.2, 0.25) is 0 Å². The molecule has 2 N–H and O–H groups in total. The highest BCUT2D eigenvalue weighted by Crippen LogP contribution is 2.00. The number of hydrogen-bond donors (Lipinski definition) is 2. The summed E-state index contributed by atoms with van der Waals surface area (Å²) in [6, 6.07) is -0.285. The fourth-order valence-electron chi connectivity index (χ4n) is 1.51. The lowest BCUT2D eigenvalue weighted by Gasteiger charge is -2.20. The van der Waals surface area contributed by atoms with Gasteiger partial charge in [0.15, 0.2) is 0 Å². The summed E-state index contributed by atoms with van der Waals surface area (Å²) in [5.74, 6) is -1.02. The van der Waals surface area contributed by atoms with Gasteiger partial charge in [-0.2, -0.15) is 0 Å². The van der Waals surface area contributed by atoms with Crippen molar-refractivity contribution in [2.75, 3.05) is 39.8 Å². The maximum atomic E-state index is 11.5. The highest BCUT2D eigenvalue weighted by atomic mass is 16.4. The molecule has 6 nitrogen and oxygen atoms in total. The van der Waals surface area contributed by atoms with E-state index in [-0.39, 0.29) is 12.6 Å². The highest BCUT2D eigenvalue weighted by molar-refractivity contribution is 5.79. The van der Waals surface area contributed by atoms with Gasteiger partial charge in [-0.3, -0.25) is 4.79 Å². The molecule has 0 spiro atoms. The van der Waals surface area contributed by atoms with Crippen molar-refractivity contribution in [3.8, 4) is 0 Å². The first-order chi connectivity index (χ1) is 7.09. The number of aliphatic carboxylic acids is 1. The Morgan fingerprint density at radius 1 is 1.27 bits per heavy atom. The van der Waals surface area contributed by atoms with Crippen molar-refractivity contribution in [3.05, 3.63) is 0 Å². The van der Waals surface area contributed by atoms with E-state index in [1.165, 1.54) is 0 Å². The van der Waals surface area contributed by atoms with Crippen molar-refractivity contribution in [2.24, 2.45) is 0 Å². The number of carboxylic acid groups (broad SMARTS) is 1. The van der Waals surface area contributed by atoms with Gasteiger partial charge in [-0.05, 0) is 20.0 Å². The fraction of sp³-hybridized carbons (Fsp3) is 0.778. The largest absolute Gasteiger partial charge is 0.480 e. The molecule has 0 radical (unpaired) electrons. The number of carboxylic acids is 1. The Bertz CT molecular complexity index is 245. The monoisotopic (exact) mass is 215 g/mol. The summed E-state index contributed by atoms with van der Waals surface area (Å²) in [5.41, 5.74) is 0. The normalized spacial score (nSPS) is 18.3. The Balaban J connectivity index is 2.34. The van der Waals surface area contributed by atoms with Gasteiger partial charge in [0, 0.05) is 19.6 Å². The highest BCUT2D eigenvalue weighted by Gasteiger charge is 2.17. The molecule has 1 aliphatic heterocycles. The Kier molecular flexibility index (Phi) is 4.36. The molecule has 15 heavy (non-hydrogen) atoms. The van der Waals surface area contributed by atoms with E-state index >= 15 is 0 Å². The van der Waals surface area contributed by atoms with Gasteiger partial charge >= 0.3 is 12.0 Å². The van der Waals surface area contributed by atoms with Crippen LogP contribution in [0.2, 0.25) is 0 Å². The molecule has 1 aliphatic rings. The van der Waals surface area contributed by atoms with Crippen LogP contribution in [0.5, 0.6) is 0 Å². The van der Waals surface area contributed by atoms with Crippen molar-refractivity contribution in [1.82, 2.24) is 15.1 Å². The predicted molar refractivity (Wildman–Crippen MR) is 54.7 cm³/mol. The van der Waals surface area contributed by atoms with Gasteiger partial charge in [-0.1, -0.05) is 0 Å². The van der Waals surface area contributed by atoms with E-state index in [4.69, 9.17) is 5.11 Å². The summed E-state index contributed by atoms with van der Waals surface area (Å²) in [5, 5.41) is 10.8. The molecule has 86 valence electrons. The first-order valence-corrected chi connectivity index (χ1v) is 5.02. The Morgan fingerprint density at radius 2 is 2.00 bits per heavy atom. The van der Waals surface area contributed by atoms with Gasteiger partial charge in [-0.25, -0.2) is 4.79 Å². The first-order valence-electron chi connectivity index (χ1n) is 5.02. The van der Waals surface area contributed by atoms with Crippen LogP contribution in [0.3, 0.4) is 0 Å². The Hall–Kier alpha value is -1.30. The van der Waals surface area contributed by atoms with E-state index in [1.54, 1.807) is 4.90 Å². The average Bonchev–Trinajstić information content (AvgIpc) is 2.39. The van der Waals surface area contributed by atoms with Gasteiger partial charge in [0.1, 0.15) is 6.54 Å².